The molecular formula is C17H23N5O3. The summed E-state index contributed by atoms with van der Waals surface area (Å²) < 4.78 is 6.81. The van der Waals surface area contributed by atoms with Crippen LogP contribution in [0.5, 0.6) is 0 Å². The van der Waals surface area contributed by atoms with Crippen molar-refractivity contribution in [3.8, 4) is 0 Å². The molecule has 0 fully saturated rings. The van der Waals surface area contributed by atoms with Crippen LogP contribution in [0, 0.1) is 0 Å². The van der Waals surface area contributed by atoms with E-state index >= 15 is 0 Å². The first-order valence-corrected chi connectivity index (χ1v) is 7.94. The van der Waals surface area contributed by atoms with E-state index < -0.39 is 23.0 Å². The molecule has 1 aromatic heterocycles. The number of benzene rings is 1. The first-order valence-electron chi connectivity index (χ1n) is 7.94. The van der Waals surface area contributed by atoms with E-state index in [9.17, 15) is 9.59 Å². The molecule has 134 valence electrons. The van der Waals surface area contributed by atoms with Crippen molar-refractivity contribution in [1.29, 1.82) is 0 Å². The molecule has 2 rings (SSSR count). The number of aromatic nitrogens is 4. The third-order valence-corrected chi connectivity index (χ3v) is 3.40. The number of hydrogen-bond acceptors (Lipinski definition) is 6. The van der Waals surface area contributed by atoms with Crippen LogP contribution in [-0.2, 0) is 26.5 Å². The smallest absolute Gasteiger partial charge is 0.304 e. The topological polar surface area (TPSA) is 99.0 Å². The van der Waals surface area contributed by atoms with Gasteiger partial charge in [0.1, 0.15) is 0 Å². The lowest BCUT2D eigenvalue weighted by Crippen LogP contribution is -2.52. The standard InChI is InChI=1S/C17H23N5O3/c1-12(23)25-17(5,15(24)18-16(2,3)4)14-19-20-21-22(14)11-13-9-7-6-8-10-13/h6-10H,11H2,1-5H3,(H,18,24). The van der Waals surface area contributed by atoms with Gasteiger partial charge >= 0.3 is 5.97 Å². The molecule has 8 heteroatoms. The van der Waals surface area contributed by atoms with Gasteiger partial charge < -0.3 is 10.1 Å². The molecule has 8 nitrogen and oxygen atoms in total. The summed E-state index contributed by atoms with van der Waals surface area (Å²) in [7, 11) is 0. The predicted octanol–water partition coefficient (Wildman–Crippen LogP) is 1.41. The number of carbonyl (C=O) groups excluding carboxylic acids is 2. The highest BCUT2D eigenvalue weighted by Crippen LogP contribution is 2.25. The van der Waals surface area contributed by atoms with Crippen molar-refractivity contribution < 1.29 is 14.3 Å². The molecule has 1 unspecified atom stereocenters. The van der Waals surface area contributed by atoms with E-state index in [1.807, 2.05) is 51.1 Å². The van der Waals surface area contributed by atoms with Crippen LogP contribution in [0.1, 0.15) is 46.0 Å². The Kier molecular flexibility index (Phi) is 5.20. The minimum absolute atomic E-state index is 0.160. The Morgan fingerprint density at radius 2 is 1.80 bits per heavy atom. The van der Waals surface area contributed by atoms with E-state index in [1.54, 1.807) is 0 Å². The lowest BCUT2D eigenvalue weighted by molar-refractivity contribution is -0.168. The Morgan fingerprint density at radius 3 is 2.36 bits per heavy atom. The summed E-state index contributed by atoms with van der Waals surface area (Å²) in [4.78, 5) is 24.4. The van der Waals surface area contributed by atoms with Crippen molar-refractivity contribution in [3.63, 3.8) is 0 Å². The summed E-state index contributed by atoms with van der Waals surface area (Å²) in [6.45, 7) is 8.60. The van der Waals surface area contributed by atoms with Gasteiger partial charge in [0, 0.05) is 12.5 Å². The van der Waals surface area contributed by atoms with Crippen LogP contribution in [0.2, 0.25) is 0 Å². The number of hydrogen-bond donors (Lipinski definition) is 1. The number of esters is 1. The quantitative estimate of drug-likeness (QED) is 0.823. The monoisotopic (exact) mass is 345 g/mol. The maximum atomic E-state index is 12.8. The lowest BCUT2D eigenvalue weighted by atomic mass is 10.0. The number of amides is 1. The fraction of sp³-hybridized carbons (Fsp3) is 0.471. The largest absolute Gasteiger partial charge is 0.441 e. The minimum Gasteiger partial charge on any atom is -0.441 e. The minimum atomic E-state index is -1.64. The highest BCUT2D eigenvalue weighted by molar-refractivity contribution is 5.88. The molecular weight excluding hydrogens is 322 g/mol. The molecule has 0 saturated heterocycles. The summed E-state index contributed by atoms with van der Waals surface area (Å²) in [5.74, 6) is -0.923. The van der Waals surface area contributed by atoms with Gasteiger partial charge in [-0.1, -0.05) is 30.3 Å². The average molecular weight is 345 g/mol. The van der Waals surface area contributed by atoms with E-state index in [0.29, 0.717) is 6.54 Å². The summed E-state index contributed by atoms with van der Waals surface area (Å²) in [5.41, 5.74) is -1.19. The van der Waals surface area contributed by atoms with Crippen LogP contribution in [0.4, 0.5) is 0 Å². The third kappa shape index (κ3) is 4.62. The van der Waals surface area contributed by atoms with Crippen LogP contribution in [0.25, 0.3) is 0 Å². The van der Waals surface area contributed by atoms with Crippen molar-refractivity contribution >= 4 is 11.9 Å². The van der Waals surface area contributed by atoms with Gasteiger partial charge in [0.25, 0.3) is 5.91 Å². The molecule has 0 aliphatic heterocycles. The van der Waals surface area contributed by atoms with Gasteiger partial charge in [-0.3, -0.25) is 9.59 Å². The van der Waals surface area contributed by atoms with E-state index in [2.05, 4.69) is 20.8 Å². The number of carbonyl (C=O) groups is 2. The van der Waals surface area contributed by atoms with Gasteiger partial charge in [0.05, 0.1) is 6.54 Å². The fourth-order valence-corrected chi connectivity index (χ4v) is 2.35. The van der Waals surface area contributed by atoms with Crippen molar-refractivity contribution in [1.82, 2.24) is 25.5 Å². The normalized spacial score (nSPS) is 13.8. The summed E-state index contributed by atoms with van der Waals surface area (Å²) >= 11 is 0. The number of rotatable bonds is 5. The molecule has 0 radical (unpaired) electrons. The molecule has 25 heavy (non-hydrogen) atoms. The molecule has 0 aliphatic rings. The van der Waals surface area contributed by atoms with Crippen molar-refractivity contribution in [2.24, 2.45) is 0 Å². The van der Waals surface area contributed by atoms with Crippen molar-refractivity contribution in [2.45, 2.75) is 52.3 Å². The van der Waals surface area contributed by atoms with Gasteiger partial charge in [-0.15, -0.1) is 5.10 Å². The fourth-order valence-electron chi connectivity index (χ4n) is 2.35. The van der Waals surface area contributed by atoms with Crippen LogP contribution in [0.3, 0.4) is 0 Å². The summed E-state index contributed by atoms with van der Waals surface area (Å²) in [5, 5.41) is 14.4. The number of ether oxygens (including phenoxy) is 1. The molecule has 0 saturated carbocycles. The first-order chi connectivity index (χ1) is 11.6. The van der Waals surface area contributed by atoms with Gasteiger partial charge in [0.15, 0.2) is 0 Å². The van der Waals surface area contributed by atoms with Crippen LogP contribution in [-0.4, -0.2) is 37.6 Å². The van der Waals surface area contributed by atoms with Gasteiger partial charge in [-0.05, 0) is 43.7 Å². The molecule has 1 aromatic carbocycles. The molecule has 1 amide bonds. The lowest BCUT2D eigenvalue weighted by Gasteiger charge is -2.30. The van der Waals surface area contributed by atoms with E-state index in [4.69, 9.17) is 4.74 Å². The number of tetrazole rings is 1. The Labute approximate surface area is 146 Å². The number of nitrogens with one attached hydrogen (secondary N) is 1. The Balaban J connectivity index is 2.40. The zero-order valence-electron chi connectivity index (χ0n) is 15.1. The second-order valence-corrected chi connectivity index (χ2v) is 6.98. The maximum Gasteiger partial charge on any atom is 0.304 e. The van der Waals surface area contributed by atoms with Gasteiger partial charge in [-0.25, -0.2) is 4.68 Å². The Morgan fingerprint density at radius 1 is 1.16 bits per heavy atom. The highest BCUT2D eigenvalue weighted by Gasteiger charge is 2.45. The van der Waals surface area contributed by atoms with E-state index in [-0.39, 0.29) is 5.82 Å². The number of nitrogens with zero attached hydrogens (tertiary/aromatic N) is 4. The van der Waals surface area contributed by atoms with E-state index in [0.717, 1.165) is 5.56 Å². The molecule has 2 aromatic rings. The molecule has 0 aliphatic carbocycles. The first kappa shape index (κ1) is 18.6. The molecule has 0 bridgehead atoms. The van der Waals surface area contributed by atoms with Crippen LogP contribution < -0.4 is 5.32 Å². The molecule has 1 atom stereocenters. The predicted molar refractivity (Wildman–Crippen MR) is 90.4 cm³/mol. The summed E-state index contributed by atoms with van der Waals surface area (Å²) in [6, 6.07) is 9.55. The SMILES string of the molecule is CC(=O)OC(C)(C(=O)NC(C)(C)C)c1nnnn1Cc1ccccc1. The zero-order valence-corrected chi connectivity index (χ0v) is 15.1. The highest BCUT2D eigenvalue weighted by atomic mass is 16.6. The van der Waals surface area contributed by atoms with Crippen LogP contribution in [0.15, 0.2) is 30.3 Å². The average Bonchev–Trinajstić information content (AvgIpc) is 2.94. The van der Waals surface area contributed by atoms with Crippen molar-refractivity contribution in [2.75, 3.05) is 0 Å². The van der Waals surface area contributed by atoms with Crippen LogP contribution >= 0.6 is 0 Å². The van der Waals surface area contributed by atoms with Gasteiger partial charge in [0.2, 0.25) is 11.4 Å². The Bertz CT molecular complexity index is 751. The molecule has 1 N–H and O–H groups in total. The second-order valence-electron chi connectivity index (χ2n) is 6.98. The molecule has 1 heterocycles. The Hall–Kier alpha value is -2.77. The molecule has 0 spiro atoms. The second kappa shape index (κ2) is 7.00. The van der Waals surface area contributed by atoms with E-state index in [1.165, 1.54) is 18.5 Å². The van der Waals surface area contributed by atoms with Crippen molar-refractivity contribution in [3.05, 3.63) is 41.7 Å². The zero-order chi connectivity index (χ0) is 18.7. The van der Waals surface area contributed by atoms with Gasteiger partial charge in [-0.2, -0.15) is 0 Å². The maximum absolute atomic E-state index is 12.8. The third-order valence-electron chi connectivity index (χ3n) is 3.40. The summed E-state index contributed by atoms with van der Waals surface area (Å²) in [6.07, 6.45) is 0.